The Morgan fingerprint density at radius 2 is 0.359 bits per heavy atom. The van der Waals surface area contributed by atoms with Crippen molar-refractivity contribution in [2.24, 2.45) is 0 Å². The highest BCUT2D eigenvalue weighted by molar-refractivity contribution is 5.89. The van der Waals surface area contributed by atoms with Crippen LogP contribution in [0.1, 0.15) is 16.7 Å². The number of alkyl halides is 12. The van der Waals surface area contributed by atoms with Crippen molar-refractivity contribution in [1.82, 2.24) is 6.15 Å². The normalized spacial score (nSPS) is 11.5. The molecular weight excluding hydrogens is 1200 g/mol. The third kappa shape index (κ3) is 14.7. The van der Waals surface area contributed by atoms with Gasteiger partial charge in [0.1, 0.15) is 0 Å². The lowest BCUT2D eigenvalue weighted by molar-refractivity contribution is -0.138. The van der Waals surface area contributed by atoms with Gasteiger partial charge in [-0.1, -0.05) is 158 Å². The van der Waals surface area contributed by atoms with E-state index in [1.54, 1.807) is 0 Å². The number of benzene rings is 12. The smallest absolute Gasteiger partial charge is 0.344 e. The van der Waals surface area contributed by atoms with Crippen LogP contribution in [0.3, 0.4) is 0 Å². The minimum atomic E-state index is -4.54. The number of halogens is 12. The van der Waals surface area contributed by atoms with Crippen molar-refractivity contribution in [3.05, 3.63) is 320 Å². The van der Waals surface area contributed by atoms with Crippen LogP contribution in [0.25, 0.3) is 55.6 Å². The van der Waals surface area contributed by atoms with E-state index in [0.717, 1.165) is 115 Å². The molecule has 12 aromatic rings. The van der Waals surface area contributed by atoms with Gasteiger partial charge in [0, 0.05) is 51.2 Å². The monoisotopic (exact) mass is 1250 g/mol. The molecule has 92 heavy (non-hydrogen) atoms. The molecule has 0 saturated carbocycles. The zero-order chi connectivity index (χ0) is 63.9. The highest BCUT2D eigenvalue weighted by Gasteiger charge is 2.33. The molecule has 0 unspecified atom stereocenters. The lowest BCUT2D eigenvalue weighted by Crippen LogP contribution is -2.11. The minimum Gasteiger partial charge on any atom is -0.344 e. The second-order valence-corrected chi connectivity index (χ2v) is 20.9. The molecule has 0 aliphatic heterocycles. The highest BCUT2D eigenvalue weighted by atomic mass is 19.4. The molecule has 3 N–H and O–H groups in total. The quantitative estimate of drug-likeness (QED) is 0.110. The van der Waals surface area contributed by atoms with E-state index in [2.05, 4.69) is 0 Å². The van der Waals surface area contributed by atoms with Crippen LogP contribution in [-0.4, -0.2) is 6.68 Å². The third-order valence-electron chi connectivity index (χ3n) is 15.2. The average Bonchev–Trinajstić information content (AvgIpc) is 0.869. The number of hydrogen-bond donors (Lipinski definition) is 1. The standard InChI is InChI=1S/C75H50F9N3.CHF3.H3N/c76-73(77,78)57-29-45-66(46-30-57)85(60-13-5-2-6-14-60)62-37-21-53(22-38-62)69-15-7-8-16-70(69)55-25-41-64(42-26-55)87(68-49-33-59(34-50-68)75(82,83)84)65-43-27-56(28-44-65)72-18-10-9-17-71(72)54-23-39-63(40-24-54)86(67-47-31-58(32-48-67)74(79,80)81)61-35-19-52(20-36-61)51-11-3-1-4-12-51;2-1(3)4;/h1-50H;1H;1H3. The summed E-state index contributed by atoms with van der Waals surface area (Å²) in [5.74, 6) is 0. The van der Waals surface area contributed by atoms with E-state index >= 15 is 0 Å². The largest absolute Gasteiger partial charge is 0.416 e. The average molecular weight is 1250 g/mol. The molecule has 0 aliphatic rings. The first-order valence-electron chi connectivity index (χ1n) is 28.4. The molecule has 0 atom stereocenters. The van der Waals surface area contributed by atoms with Crippen molar-refractivity contribution >= 4 is 51.2 Å². The van der Waals surface area contributed by atoms with Crippen LogP contribution in [0.5, 0.6) is 0 Å². The van der Waals surface area contributed by atoms with E-state index in [1.165, 1.54) is 36.4 Å². The predicted molar refractivity (Wildman–Crippen MR) is 345 cm³/mol. The lowest BCUT2D eigenvalue weighted by Gasteiger charge is -2.27. The SMILES string of the molecule is FC(F)(F)c1ccc(N(c2ccccc2)c2ccc(-c3ccccc3-c3ccc(N(c4ccc(-c5ccccc5-c5ccc(N(c6ccc(-c7ccccc7)cc6)c6ccc(C(F)(F)F)cc6)cc5)cc4)c4ccc(C(F)(F)F)cc4)cc3)cc2)cc1.FC(F)F.N. The van der Waals surface area contributed by atoms with Crippen LogP contribution >= 0.6 is 0 Å². The Kier molecular flexibility index (Phi) is 19.2. The van der Waals surface area contributed by atoms with E-state index in [1.807, 2.05) is 245 Å². The van der Waals surface area contributed by atoms with E-state index in [-0.39, 0.29) is 6.15 Å². The lowest BCUT2D eigenvalue weighted by atomic mass is 9.94. The molecule has 12 rings (SSSR count). The van der Waals surface area contributed by atoms with Crippen LogP contribution in [0, 0.1) is 0 Å². The molecule has 16 heteroatoms. The minimum absolute atomic E-state index is 0. The Balaban J connectivity index is 0.00000180. The third-order valence-corrected chi connectivity index (χ3v) is 15.2. The first kappa shape index (κ1) is 64.2. The van der Waals surface area contributed by atoms with Gasteiger partial charge in [-0.15, -0.1) is 0 Å². The molecule has 0 saturated heterocycles. The summed E-state index contributed by atoms with van der Waals surface area (Å²) in [7, 11) is 0. The summed E-state index contributed by atoms with van der Waals surface area (Å²) in [4.78, 5) is 5.71. The summed E-state index contributed by atoms with van der Waals surface area (Å²) < 4.78 is 153. The van der Waals surface area contributed by atoms with Gasteiger partial charge in [0.05, 0.1) is 16.7 Å². The fraction of sp³-hybridized carbons (Fsp3) is 0.0526. The molecule has 0 bridgehead atoms. The molecule has 0 aromatic heterocycles. The van der Waals surface area contributed by atoms with Gasteiger partial charge < -0.3 is 20.9 Å². The molecule has 0 aliphatic carbocycles. The Labute approximate surface area is 523 Å². The summed E-state index contributed by atoms with van der Waals surface area (Å²) >= 11 is 0. The van der Waals surface area contributed by atoms with Crippen LogP contribution in [-0.2, 0) is 18.5 Å². The summed E-state index contributed by atoms with van der Waals surface area (Å²) in [6, 6.07) is 89.5. The number of para-hydroxylation sites is 1. The van der Waals surface area contributed by atoms with E-state index < -0.39 is 41.9 Å². The van der Waals surface area contributed by atoms with Crippen LogP contribution in [0.2, 0.25) is 0 Å². The van der Waals surface area contributed by atoms with E-state index in [0.29, 0.717) is 28.4 Å². The molecule has 0 heterocycles. The van der Waals surface area contributed by atoms with E-state index in [9.17, 15) is 52.7 Å². The molecule has 0 spiro atoms. The van der Waals surface area contributed by atoms with Crippen molar-refractivity contribution in [3.63, 3.8) is 0 Å². The number of hydrogen-bond acceptors (Lipinski definition) is 4. The molecule has 4 nitrogen and oxygen atoms in total. The summed E-state index contributed by atoms with van der Waals surface area (Å²) in [5, 5.41) is 0. The Hall–Kier alpha value is -10.8. The van der Waals surface area contributed by atoms with Crippen LogP contribution in [0.4, 0.5) is 104 Å². The highest BCUT2D eigenvalue weighted by Crippen LogP contribution is 2.45. The van der Waals surface area contributed by atoms with E-state index in [4.69, 9.17) is 0 Å². The fourth-order valence-corrected chi connectivity index (χ4v) is 10.9. The molecular formula is C76H54F12N4. The molecule has 0 amide bonds. The second kappa shape index (κ2) is 27.5. The van der Waals surface area contributed by atoms with Gasteiger partial charge in [-0.05, 0) is 201 Å². The summed E-state index contributed by atoms with van der Waals surface area (Å²) in [5.41, 5.74) is 13.0. The van der Waals surface area contributed by atoms with Crippen LogP contribution < -0.4 is 20.9 Å². The number of nitrogens with zero attached hydrogens (tertiary/aromatic N) is 3. The zero-order valence-electron chi connectivity index (χ0n) is 48.5. The van der Waals surface area contributed by atoms with Gasteiger partial charge in [0.15, 0.2) is 0 Å². The topological polar surface area (TPSA) is 44.7 Å². The Bertz CT molecular complexity index is 4330. The molecule has 12 aromatic carbocycles. The number of anilines is 9. The molecule has 0 fully saturated rings. The zero-order valence-corrected chi connectivity index (χ0v) is 48.5. The van der Waals surface area contributed by atoms with Crippen LogP contribution in [0.15, 0.2) is 303 Å². The summed E-state index contributed by atoms with van der Waals surface area (Å²) in [6.07, 6.45) is -13.5. The van der Waals surface area contributed by atoms with Gasteiger partial charge in [0.25, 0.3) is 0 Å². The van der Waals surface area contributed by atoms with Gasteiger partial charge in [-0.25, -0.2) is 0 Å². The predicted octanol–water partition coefficient (Wildman–Crippen LogP) is 24.8. The van der Waals surface area contributed by atoms with Crippen molar-refractivity contribution in [2.45, 2.75) is 25.2 Å². The van der Waals surface area contributed by atoms with Gasteiger partial charge in [-0.2, -0.15) is 52.7 Å². The maximum absolute atomic E-state index is 14.0. The van der Waals surface area contributed by atoms with Crippen molar-refractivity contribution in [1.29, 1.82) is 0 Å². The Morgan fingerprint density at radius 1 is 0.196 bits per heavy atom. The van der Waals surface area contributed by atoms with Gasteiger partial charge in [-0.3, -0.25) is 0 Å². The first-order chi connectivity index (χ1) is 43.8. The Morgan fingerprint density at radius 3 is 0.576 bits per heavy atom. The number of rotatable bonds is 14. The second-order valence-electron chi connectivity index (χ2n) is 20.9. The summed E-state index contributed by atoms with van der Waals surface area (Å²) in [6.45, 7) is -3.67. The van der Waals surface area contributed by atoms with Crippen molar-refractivity contribution in [2.75, 3.05) is 14.7 Å². The molecule has 462 valence electrons. The first-order valence-corrected chi connectivity index (χ1v) is 28.4. The van der Waals surface area contributed by atoms with Crippen molar-refractivity contribution in [3.8, 4) is 55.6 Å². The maximum Gasteiger partial charge on any atom is 0.416 e. The van der Waals surface area contributed by atoms with Gasteiger partial charge in [0.2, 0.25) is 0 Å². The molecule has 0 radical (unpaired) electrons. The van der Waals surface area contributed by atoms with Crippen molar-refractivity contribution < 1.29 is 52.7 Å². The fourth-order valence-electron chi connectivity index (χ4n) is 10.9. The van der Waals surface area contributed by atoms with Gasteiger partial charge >= 0.3 is 25.2 Å². The maximum atomic E-state index is 14.0.